The number of hydrogen-bond acceptors (Lipinski definition) is 2. The van der Waals surface area contributed by atoms with E-state index in [2.05, 4.69) is 25.2 Å². The zero-order valence-corrected chi connectivity index (χ0v) is 14.6. The second-order valence-electron chi connectivity index (χ2n) is 6.21. The van der Waals surface area contributed by atoms with Gasteiger partial charge in [0.1, 0.15) is 0 Å². The van der Waals surface area contributed by atoms with Crippen LogP contribution in [0.1, 0.15) is 30.4 Å². The highest BCUT2D eigenvalue weighted by Gasteiger charge is 2.31. The fourth-order valence-corrected chi connectivity index (χ4v) is 4.67. The maximum absolute atomic E-state index is 12.6. The van der Waals surface area contributed by atoms with Gasteiger partial charge in [-0.3, -0.25) is 4.79 Å². The van der Waals surface area contributed by atoms with Crippen LogP contribution in [0.5, 0.6) is 0 Å². The predicted octanol–water partition coefficient (Wildman–Crippen LogP) is 4.71. The van der Waals surface area contributed by atoms with Gasteiger partial charge in [-0.05, 0) is 30.6 Å². The van der Waals surface area contributed by atoms with Gasteiger partial charge in [0.05, 0.1) is 5.92 Å². The van der Waals surface area contributed by atoms with E-state index in [4.69, 9.17) is 4.43 Å². The van der Waals surface area contributed by atoms with E-state index >= 15 is 0 Å². The first-order chi connectivity index (χ1) is 10.5. The van der Waals surface area contributed by atoms with Crippen molar-refractivity contribution in [2.75, 3.05) is 0 Å². The van der Waals surface area contributed by atoms with E-state index in [1.807, 2.05) is 55.5 Å². The van der Waals surface area contributed by atoms with Gasteiger partial charge in [0.15, 0.2) is 0 Å². The summed E-state index contributed by atoms with van der Waals surface area (Å²) in [5.41, 5.74) is 2.28. The number of benzene rings is 2. The monoisotopic (exact) mass is 312 g/mol. The van der Waals surface area contributed by atoms with Crippen molar-refractivity contribution in [3.63, 3.8) is 0 Å². The molecule has 0 aliphatic carbocycles. The third-order valence-corrected chi connectivity index (χ3v) is 5.76. The zero-order chi connectivity index (χ0) is 16.0. The van der Waals surface area contributed by atoms with Gasteiger partial charge < -0.3 is 4.43 Å². The van der Waals surface area contributed by atoms with E-state index in [-0.39, 0.29) is 11.9 Å². The van der Waals surface area contributed by atoms with E-state index in [1.54, 1.807) is 0 Å². The highest BCUT2D eigenvalue weighted by Crippen LogP contribution is 2.24. The number of carbonyl (C=O) groups is 1. The van der Waals surface area contributed by atoms with Crippen molar-refractivity contribution >= 4 is 14.3 Å². The van der Waals surface area contributed by atoms with Crippen LogP contribution in [-0.4, -0.2) is 14.3 Å². The molecule has 0 spiro atoms. The zero-order valence-electron chi connectivity index (χ0n) is 13.6. The lowest BCUT2D eigenvalue weighted by molar-refractivity contribution is -0.137. The predicted molar refractivity (Wildman–Crippen MR) is 93.2 cm³/mol. The van der Waals surface area contributed by atoms with Crippen molar-refractivity contribution in [2.45, 2.75) is 38.4 Å². The average Bonchev–Trinajstić information content (AvgIpc) is 2.49. The van der Waals surface area contributed by atoms with Crippen LogP contribution in [0.2, 0.25) is 13.1 Å². The first-order valence-electron chi connectivity index (χ1n) is 7.83. The molecule has 1 unspecified atom stereocenters. The second kappa shape index (κ2) is 7.41. The van der Waals surface area contributed by atoms with E-state index in [9.17, 15) is 4.79 Å². The molecule has 0 heterocycles. The highest BCUT2D eigenvalue weighted by molar-refractivity contribution is 6.72. The molecule has 0 aliphatic heterocycles. The number of carbonyl (C=O) groups excluding carboxylic acids is 1. The van der Waals surface area contributed by atoms with Crippen molar-refractivity contribution in [3.05, 3.63) is 71.8 Å². The quantitative estimate of drug-likeness (QED) is 0.722. The SMILES string of the molecule is CCC(C(=O)O[Si](C)(C)Cc1ccccc1)c1ccccc1. The van der Waals surface area contributed by atoms with Gasteiger partial charge in [-0.2, -0.15) is 0 Å². The van der Waals surface area contributed by atoms with E-state index in [0.29, 0.717) is 0 Å². The molecule has 0 radical (unpaired) electrons. The standard InChI is InChI=1S/C19H24O2Si/c1-4-18(17-13-9-6-10-14-17)19(20)21-22(2,3)15-16-11-7-5-8-12-16/h5-14,18H,4,15H2,1-3H3. The van der Waals surface area contributed by atoms with Crippen LogP contribution in [0.25, 0.3) is 0 Å². The first-order valence-corrected chi connectivity index (χ1v) is 10.9. The second-order valence-corrected chi connectivity index (χ2v) is 10.3. The fourth-order valence-electron chi connectivity index (χ4n) is 2.69. The topological polar surface area (TPSA) is 26.3 Å². The summed E-state index contributed by atoms with van der Waals surface area (Å²) in [5.74, 6) is -0.245. The first kappa shape index (κ1) is 16.5. The van der Waals surface area contributed by atoms with Gasteiger partial charge in [-0.1, -0.05) is 67.6 Å². The molecule has 2 nitrogen and oxygen atoms in total. The molecular formula is C19H24O2Si. The van der Waals surface area contributed by atoms with Crippen LogP contribution in [0.4, 0.5) is 0 Å². The van der Waals surface area contributed by atoms with Gasteiger partial charge in [0.2, 0.25) is 0 Å². The summed E-state index contributed by atoms with van der Waals surface area (Å²) in [5, 5.41) is 0. The molecule has 116 valence electrons. The van der Waals surface area contributed by atoms with E-state index in [0.717, 1.165) is 18.0 Å². The Balaban J connectivity index is 2.06. The van der Waals surface area contributed by atoms with Crippen LogP contribution in [0, 0.1) is 0 Å². The highest BCUT2D eigenvalue weighted by atomic mass is 28.4. The maximum Gasteiger partial charge on any atom is 0.300 e. The molecule has 0 N–H and O–H groups in total. The Morgan fingerprint density at radius 2 is 1.55 bits per heavy atom. The maximum atomic E-state index is 12.6. The Morgan fingerprint density at radius 3 is 2.09 bits per heavy atom. The molecule has 0 amide bonds. The Kier molecular flexibility index (Phi) is 5.55. The van der Waals surface area contributed by atoms with Crippen molar-refractivity contribution in [2.24, 2.45) is 0 Å². The molecule has 2 aromatic carbocycles. The Bertz CT molecular complexity index is 593. The molecular weight excluding hydrogens is 288 g/mol. The average molecular weight is 312 g/mol. The summed E-state index contributed by atoms with van der Waals surface area (Å²) >= 11 is 0. The largest absolute Gasteiger partial charge is 0.519 e. The Morgan fingerprint density at radius 1 is 1.00 bits per heavy atom. The third kappa shape index (κ3) is 4.57. The summed E-state index contributed by atoms with van der Waals surface area (Å²) in [7, 11) is -2.07. The molecule has 0 fully saturated rings. The van der Waals surface area contributed by atoms with Gasteiger partial charge in [0, 0.05) is 6.04 Å². The molecule has 3 heteroatoms. The van der Waals surface area contributed by atoms with Crippen molar-refractivity contribution in [1.29, 1.82) is 0 Å². The molecule has 22 heavy (non-hydrogen) atoms. The van der Waals surface area contributed by atoms with Gasteiger partial charge >= 0.3 is 0 Å². The van der Waals surface area contributed by atoms with Gasteiger partial charge in [0.25, 0.3) is 14.3 Å². The van der Waals surface area contributed by atoms with Crippen LogP contribution in [0.15, 0.2) is 60.7 Å². The summed E-state index contributed by atoms with van der Waals surface area (Å²) in [4.78, 5) is 12.6. The van der Waals surface area contributed by atoms with Crippen molar-refractivity contribution < 1.29 is 9.22 Å². The molecule has 0 aromatic heterocycles. The fraction of sp³-hybridized carbons (Fsp3) is 0.316. The summed E-state index contributed by atoms with van der Waals surface area (Å²) < 4.78 is 5.95. The molecule has 1 atom stereocenters. The molecule has 0 saturated heterocycles. The summed E-state index contributed by atoms with van der Waals surface area (Å²) in [6, 6.07) is 21.0. The Hall–Kier alpha value is -1.87. The van der Waals surface area contributed by atoms with Crippen molar-refractivity contribution in [1.82, 2.24) is 0 Å². The molecule has 0 saturated carbocycles. The third-order valence-electron chi connectivity index (χ3n) is 3.74. The minimum Gasteiger partial charge on any atom is -0.519 e. The summed E-state index contributed by atoms with van der Waals surface area (Å²) in [6.07, 6.45) is 0.763. The summed E-state index contributed by atoms with van der Waals surface area (Å²) in [6.45, 7) is 6.25. The van der Waals surface area contributed by atoms with Crippen LogP contribution >= 0.6 is 0 Å². The lowest BCUT2D eigenvalue weighted by Gasteiger charge is -2.26. The van der Waals surface area contributed by atoms with E-state index in [1.165, 1.54) is 5.56 Å². The lowest BCUT2D eigenvalue weighted by Crippen LogP contribution is -2.38. The smallest absolute Gasteiger partial charge is 0.300 e. The Labute approximate surface area is 134 Å². The van der Waals surface area contributed by atoms with E-state index < -0.39 is 8.32 Å². The number of rotatable bonds is 6. The van der Waals surface area contributed by atoms with Crippen molar-refractivity contribution in [3.8, 4) is 0 Å². The normalized spacial score (nSPS) is 12.7. The molecule has 2 aromatic rings. The van der Waals surface area contributed by atoms with Crippen LogP contribution in [0.3, 0.4) is 0 Å². The number of hydrogen-bond donors (Lipinski definition) is 0. The minimum atomic E-state index is -2.07. The van der Waals surface area contributed by atoms with Gasteiger partial charge in [-0.25, -0.2) is 0 Å². The minimum absolute atomic E-state index is 0.0821. The van der Waals surface area contributed by atoms with Gasteiger partial charge in [-0.15, -0.1) is 0 Å². The van der Waals surface area contributed by atoms with Crippen LogP contribution < -0.4 is 0 Å². The van der Waals surface area contributed by atoms with Crippen LogP contribution in [-0.2, 0) is 15.3 Å². The molecule has 2 rings (SSSR count). The molecule has 0 bridgehead atoms. The lowest BCUT2D eigenvalue weighted by atomic mass is 9.97. The molecule has 0 aliphatic rings.